The molecule has 1 aliphatic carbocycles. The average molecular weight is 345 g/mol. The first-order valence-electron chi connectivity index (χ1n) is 8.51. The zero-order valence-corrected chi connectivity index (χ0v) is 15.2. The van der Waals surface area contributed by atoms with Gasteiger partial charge in [0, 0.05) is 24.0 Å². The lowest BCUT2D eigenvalue weighted by molar-refractivity contribution is -0.128. The number of carbonyl (C=O) groups excluding carboxylic acids is 2. The number of nitrogens with zero attached hydrogens (tertiary/aromatic N) is 2. The van der Waals surface area contributed by atoms with Gasteiger partial charge in [-0.1, -0.05) is 12.8 Å². The molecular formula is C18H23N3O2S. The molecule has 0 aromatic carbocycles. The predicted molar refractivity (Wildman–Crippen MR) is 97.5 cm³/mol. The summed E-state index contributed by atoms with van der Waals surface area (Å²) in [6, 6.07) is 2.59. The molecule has 2 fully saturated rings. The minimum Gasteiger partial charge on any atom is -0.346 e. The van der Waals surface area contributed by atoms with Crippen molar-refractivity contribution in [2.75, 3.05) is 6.54 Å². The molecule has 2 amide bonds. The lowest BCUT2D eigenvalue weighted by atomic mass is 10.1. The zero-order chi connectivity index (χ0) is 17.4. The molecule has 2 aliphatic rings. The summed E-state index contributed by atoms with van der Waals surface area (Å²) in [5.74, 6) is -0.739. The van der Waals surface area contributed by atoms with Crippen LogP contribution in [0.15, 0.2) is 11.6 Å². The first-order valence-corrected chi connectivity index (χ1v) is 8.92. The van der Waals surface area contributed by atoms with Crippen LogP contribution in [0, 0.1) is 13.8 Å². The molecule has 1 saturated carbocycles. The lowest BCUT2D eigenvalue weighted by Crippen LogP contribution is -2.53. The van der Waals surface area contributed by atoms with Crippen molar-refractivity contribution >= 4 is 35.2 Å². The first-order chi connectivity index (χ1) is 11.4. The topological polar surface area (TPSA) is 54.3 Å². The molecule has 0 radical (unpaired) electrons. The maximum Gasteiger partial charge on any atom is 0.265 e. The first kappa shape index (κ1) is 16.9. The summed E-state index contributed by atoms with van der Waals surface area (Å²) >= 11 is 5.06. The van der Waals surface area contributed by atoms with Crippen molar-refractivity contribution in [3.8, 4) is 0 Å². The summed E-state index contributed by atoms with van der Waals surface area (Å²) in [6.07, 6.45) is 6.63. The van der Waals surface area contributed by atoms with Crippen LogP contribution in [0.1, 0.15) is 55.6 Å². The largest absolute Gasteiger partial charge is 0.346 e. The van der Waals surface area contributed by atoms with E-state index in [1.807, 2.05) is 6.92 Å². The fraction of sp³-hybridized carbons (Fsp3) is 0.500. The van der Waals surface area contributed by atoms with Gasteiger partial charge in [-0.25, -0.2) is 0 Å². The number of likely N-dealkylation sites (N-methyl/N-ethyl adjacent to an activating group) is 1. The van der Waals surface area contributed by atoms with Crippen LogP contribution in [0.2, 0.25) is 0 Å². The van der Waals surface area contributed by atoms with Crippen LogP contribution in [0.5, 0.6) is 0 Å². The summed E-state index contributed by atoms with van der Waals surface area (Å²) in [6.45, 7) is 6.43. The third kappa shape index (κ3) is 2.79. The van der Waals surface area contributed by atoms with E-state index in [9.17, 15) is 9.59 Å². The molecule has 0 bridgehead atoms. The second-order valence-electron chi connectivity index (χ2n) is 6.50. The lowest BCUT2D eigenvalue weighted by Gasteiger charge is -2.27. The second-order valence-corrected chi connectivity index (χ2v) is 6.89. The number of aromatic nitrogens is 1. The number of hydrogen-bond donors (Lipinski definition) is 1. The Morgan fingerprint density at radius 2 is 1.96 bits per heavy atom. The molecule has 1 aliphatic heterocycles. The molecule has 3 rings (SSSR count). The van der Waals surface area contributed by atoms with Gasteiger partial charge in [0.1, 0.15) is 5.57 Å². The minimum absolute atomic E-state index is 0.150. The van der Waals surface area contributed by atoms with Crippen molar-refractivity contribution < 1.29 is 9.59 Å². The van der Waals surface area contributed by atoms with Gasteiger partial charge in [0.05, 0.1) is 0 Å². The molecule has 1 aromatic rings. The Morgan fingerprint density at radius 3 is 2.58 bits per heavy atom. The number of hydrogen-bond acceptors (Lipinski definition) is 3. The minimum atomic E-state index is -0.416. The Kier molecular flexibility index (Phi) is 4.58. The van der Waals surface area contributed by atoms with Gasteiger partial charge >= 0.3 is 0 Å². The van der Waals surface area contributed by atoms with E-state index in [1.54, 1.807) is 6.08 Å². The van der Waals surface area contributed by atoms with Crippen LogP contribution < -0.4 is 5.32 Å². The molecule has 6 heteroatoms. The molecule has 128 valence electrons. The van der Waals surface area contributed by atoms with Crippen molar-refractivity contribution in [2.24, 2.45) is 0 Å². The van der Waals surface area contributed by atoms with Gasteiger partial charge < -0.3 is 4.57 Å². The molecule has 0 unspecified atom stereocenters. The van der Waals surface area contributed by atoms with Crippen LogP contribution in [-0.4, -0.2) is 32.9 Å². The normalized spacial score (nSPS) is 21.0. The molecule has 1 N–H and O–H groups in total. The van der Waals surface area contributed by atoms with E-state index < -0.39 is 5.91 Å². The SMILES string of the molecule is CCN1C(=O)/C(=C/c2cc(C)n(C3CCCC3)c2C)C(=O)NC1=S. The van der Waals surface area contributed by atoms with Gasteiger partial charge in [-0.2, -0.15) is 0 Å². The van der Waals surface area contributed by atoms with Gasteiger partial charge in [0.25, 0.3) is 11.8 Å². The van der Waals surface area contributed by atoms with Crippen LogP contribution in [-0.2, 0) is 9.59 Å². The van der Waals surface area contributed by atoms with E-state index in [4.69, 9.17) is 12.2 Å². The number of nitrogens with one attached hydrogen (secondary N) is 1. The summed E-state index contributed by atoms with van der Waals surface area (Å²) < 4.78 is 2.35. The Bertz CT molecular complexity index is 742. The maximum atomic E-state index is 12.5. The standard InChI is InChI=1S/C18H23N3O2S/c1-4-20-17(23)15(16(22)19-18(20)24)10-13-9-11(2)21(12(13)3)14-7-5-6-8-14/h9-10,14H,4-8H2,1-3H3,(H,19,22,24)/b15-10+. The van der Waals surface area contributed by atoms with Gasteiger partial charge in [-0.15, -0.1) is 0 Å². The highest BCUT2D eigenvalue weighted by Gasteiger charge is 2.32. The highest BCUT2D eigenvalue weighted by atomic mass is 32.1. The third-order valence-corrected chi connectivity index (χ3v) is 5.34. The van der Waals surface area contributed by atoms with Crippen LogP contribution in [0.25, 0.3) is 6.08 Å². The summed E-state index contributed by atoms with van der Waals surface area (Å²) in [4.78, 5) is 26.2. The zero-order valence-electron chi connectivity index (χ0n) is 14.4. The van der Waals surface area contributed by atoms with Crippen molar-refractivity contribution in [1.82, 2.24) is 14.8 Å². The van der Waals surface area contributed by atoms with Gasteiger partial charge in [0.2, 0.25) is 0 Å². The number of thiocarbonyl (C=S) groups is 1. The molecule has 1 saturated heterocycles. The third-order valence-electron chi connectivity index (χ3n) is 5.02. The van der Waals surface area contributed by atoms with E-state index in [1.165, 1.54) is 36.3 Å². The Balaban J connectivity index is 1.98. The summed E-state index contributed by atoms with van der Waals surface area (Å²) in [5.41, 5.74) is 3.38. The number of aryl methyl sites for hydroxylation is 1. The fourth-order valence-electron chi connectivity index (χ4n) is 3.81. The van der Waals surface area contributed by atoms with Gasteiger partial charge in [-0.3, -0.25) is 19.8 Å². The molecule has 1 aromatic heterocycles. The second kappa shape index (κ2) is 6.51. The smallest absolute Gasteiger partial charge is 0.265 e. The summed E-state index contributed by atoms with van der Waals surface area (Å²) in [7, 11) is 0. The van der Waals surface area contributed by atoms with Gasteiger partial charge in [0.15, 0.2) is 5.11 Å². The van der Waals surface area contributed by atoms with Crippen LogP contribution in [0.4, 0.5) is 0 Å². The Morgan fingerprint density at radius 1 is 1.29 bits per heavy atom. The quantitative estimate of drug-likeness (QED) is 0.521. The number of amides is 2. The molecule has 0 atom stereocenters. The molecule has 24 heavy (non-hydrogen) atoms. The van der Waals surface area contributed by atoms with E-state index in [-0.39, 0.29) is 16.6 Å². The number of carbonyl (C=O) groups is 2. The average Bonchev–Trinajstić information content (AvgIpc) is 3.12. The highest BCUT2D eigenvalue weighted by molar-refractivity contribution is 7.80. The van der Waals surface area contributed by atoms with Crippen molar-refractivity contribution in [2.45, 2.75) is 52.5 Å². The molecule has 2 heterocycles. The van der Waals surface area contributed by atoms with Crippen molar-refractivity contribution in [3.63, 3.8) is 0 Å². The highest BCUT2D eigenvalue weighted by Crippen LogP contribution is 2.34. The van der Waals surface area contributed by atoms with Crippen molar-refractivity contribution in [3.05, 3.63) is 28.6 Å². The molecule has 0 spiro atoms. The van der Waals surface area contributed by atoms with Crippen LogP contribution in [0.3, 0.4) is 0 Å². The fourth-order valence-corrected chi connectivity index (χ4v) is 4.11. The molecule has 5 nitrogen and oxygen atoms in total. The predicted octanol–water partition coefficient (Wildman–Crippen LogP) is 2.87. The van der Waals surface area contributed by atoms with Gasteiger partial charge in [-0.05, 0) is 63.5 Å². The maximum absolute atomic E-state index is 12.5. The number of rotatable bonds is 3. The molecular weight excluding hydrogens is 322 g/mol. The summed E-state index contributed by atoms with van der Waals surface area (Å²) in [5, 5.41) is 2.78. The Hall–Kier alpha value is -1.95. The van der Waals surface area contributed by atoms with E-state index in [2.05, 4.69) is 29.8 Å². The van der Waals surface area contributed by atoms with E-state index in [0.717, 1.165) is 11.3 Å². The van der Waals surface area contributed by atoms with Crippen molar-refractivity contribution in [1.29, 1.82) is 0 Å². The van der Waals surface area contributed by atoms with Crippen LogP contribution >= 0.6 is 12.2 Å². The monoisotopic (exact) mass is 345 g/mol. The van der Waals surface area contributed by atoms with E-state index in [0.29, 0.717) is 12.6 Å². The Labute approximate surface area is 147 Å². The van der Waals surface area contributed by atoms with E-state index >= 15 is 0 Å².